The molecule has 0 heterocycles. The highest BCUT2D eigenvalue weighted by Crippen LogP contribution is 2.38. The molecule has 0 aliphatic rings. The second-order valence-electron chi connectivity index (χ2n) is 7.72. The molecule has 0 fully saturated rings. The highest BCUT2D eigenvalue weighted by molar-refractivity contribution is 9.10. The maximum absolute atomic E-state index is 14.5. The van der Waals surface area contributed by atoms with Gasteiger partial charge in [-0.15, -0.1) is 0 Å². The zero-order valence-electron chi connectivity index (χ0n) is 17.8. The van der Waals surface area contributed by atoms with E-state index >= 15 is 0 Å². The fourth-order valence-electron chi connectivity index (χ4n) is 3.61. The van der Waals surface area contributed by atoms with Gasteiger partial charge in [0.2, 0.25) is 0 Å². The quantitative estimate of drug-likeness (QED) is 0.313. The number of urea groups is 1. The predicted octanol–water partition coefficient (Wildman–Crippen LogP) is 6.95. The van der Waals surface area contributed by atoms with Crippen molar-refractivity contribution in [3.05, 3.63) is 105 Å². The molecule has 2 amide bonds. The van der Waals surface area contributed by atoms with Crippen molar-refractivity contribution in [3.8, 4) is 0 Å². The minimum absolute atomic E-state index is 0.185. The summed E-state index contributed by atoms with van der Waals surface area (Å²) >= 11 is 3.25. The van der Waals surface area contributed by atoms with Gasteiger partial charge < -0.3 is 10.6 Å². The molecule has 0 aliphatic carbocycles. The molecule has 35 heavy (non-hydrogen) atoms. The molecule has 3 aromatic carbocycles. The number of hydrogen-bond donors (Lipinski definition) is 2. The van der Waals surface area contributed by atoms with Gasteiger partial charge in [-0.05, 0) is 47.0 Å². The van der Waals surface area contributed by atoms with Crippen molar-refractivity contribution in [1.29, 1.82) is 0 Å². The summed E-state index contributed by atoms with van der Waals surface area (Å²) in [5.41, 5.74) is -2.70. The zero-order chi connectivity index (χ0) is 25.9. The molecular weight excluding hydrogens is 545 g/mol. The first-order valence-electron chi connectivity index (χ1n) is 10.1. The monoisotopic (exact) mass is 562 g/mol. The second-order valence-corrected chi connectivity index (χ2v) is 8.64. The van der Waals surface area contributed by atoms with E-state index in [-0.39, 0.29) is 17.5 Å². The highest BCUT2D eigenvalue weighted by atomic mass is 79.9. The number of benzene rings is 3. The van der Waals surface area contributed by atoms with Crippen LogP contribution in [0.25, 0.3) is 0 Å². The van der Waals surface area contributed by atoms with Crippen LogP contribution in [0.5, 0.6) is 0 Å². The van der Waals surface area contributed by atoms with E-state index in [1.807, 2.05) is 0 Å². The summed E-state index contributed by atoms with van der Waals surface area (Å²) in [4.78, 5) is 12.6. The Balaban J connectivity index is 2.24. The van der Waals surface area contributed by atoms with Gasteiger partial charge in [0.25, 0.3) is 0 Å². The van der Waals surface area contributed by atoms with E-state index in [4.69, 9.17) is 0 Å². The molecule has 3 aromatic rings. The number of halogens is 8. The van der Waals surface area contributed by atoms with Crippen LogP contribution >= 0.6 is 15.9 Å². The summed E-state index contributed by atoms with van der Waals surface area (Å²) in [5.74, 6) is -1.22. The predicted molar refractivity (Wildman–Crippen MR) is 119 cm³/mol. The molecule has 186 valence electrons. The lowest BCUT2D eigenvalue weighted by atomic mass is 9.77. The molecule has 0 saturated carbocycles. The van der Waals surface area contributed by atoms with E-state index in [1.54, 1.807) is 47.8 Å². The molecule has 3 nitrogen and oxygen atoms in total. The topological polar surface area (TPSA) is 41.1 Å². The number of carbonyl (C=O) groups excluding carboxylic acids is 1. The van der Waals surface area contributed by atoms with E-state index in [1.165, 1.54) is 12.1 Å². The average molecular weight is 563 g/mol. The van der Waals surface area contributed by atoms with E-state index in [0.717, 1.165) is 6.07 Å². The fourth-order valence-corrected chi connectivity index (χ4v) is 3.88. The third-order valence-corrected chi connectivity index (χ3v) is 5.67. The molecule has 0 saturated heterocycles. The summed E-state index contributed by atoms with van der Waals surface area (Å²) in [6.45, 7) is -1.67. The van der Waals surface area contributed by atoms with E-state index in [9.17, 15) is 35.5 Å². The van der Waals surface area contributed by atoms with Gasteiger partial charge in [-0.25, -0.2) is 9.18 Å². The van der Waals surface area contributed by atoms with Crippen molar-refractivity contribution in [3.63, 3.8) is 0 Å². The maximum Gasteiger partial charge on any atom is 0.416 e. The van der Waals surface area contributed by atoms with Crippen molar-refractivity contribution < 1.29 is 35.5 Å². The molecule has 0 radical (unpaired) electrons. The standard InChI is InChI=1S/C24H18BrF7N2O/c25-19-8-6-16(7-9-19)22(13-15-4-2-1-3-5-15,34-21(35)33-14-23(27,28)29)17-10-18(24(30,31)32)12-20(26)11-17/h1-12H,13-14H2,(H2,33,34,35)/t22-/m0/s1. The minimum Gasteiger partial charge on any atom is -0.329 e. The Morgan fingerprint density at radius 3 is 1.97 bits per heavy atom. The number of carbonyl (C=O) groups is 1. The van der Waals surface area contributed by atoms with Crippen LogP contribution in [0.4, 0.5) is 35.5 Å². The first-order valence-corrected chi connectivity index (χ1v) is 10.9. The van der Waals surface area contributed by atoms with Gasteiger partial charge in [0.05, 0.1) is 11.1 Å². The zero-order valence-corrected chi connectivity index (χ0v) is 19.4. The van der Waals surface area contributed by atoms with E-state index in [0.29, 0.717) is 22.2 Å². The Hall–Kier alpha value is -3.08. The molecular formula is C24H18BrF7N2O. The van der Waals surface area contributed by atoms with Crippen molar-refractivity contribution in [2.24, 2.45) is 0 Å². The Kier molecular flexibility index (Phi) is 7.78. The Labute approximate surface area is 204 Å². The van der Waals surface area contributed by atoms with E-state index < -0.39 is 41.8 Å². The molecule has 11 heteroatoms. The number of hydrogen-bond acceptors (Lipinski definition) is 1. The summed E-state index contributed by atoms with van der Waals surface area (Å²) in [6, 6.07) is 14.8. The van der Waals surface area contributed by atoms with Gasteiger partial charge in [-0.1, -0.05) is 58.4 Å². The molecule has 0 unspecified atom stereocenters. The van der Waals surface area contributed by atoms with Crippen molar-refractivity contribution in [1.82, 2.24) is 10.6 Å². The van der Waals surface area contributed by atoms with E-state index in [2.05, 4.69) is 21.2 Å². The molecule has 0 aromatic heterocycles. The van der Waals surface area contributed by atoms with Crippen molar-refractivity contribution >= 4 is 22.0 Å². The normalized spacial score (nSPS) is 13.7. The first-order chi connectivity index (χ1) is 16.3. The molecule has 2 N–H and O–H groups in total. The Bertz CT molecular complexity index is 1170. The Morgan fingerprint density at radius 2 is 1.40 bits per heavy atom. The van der Waals surface area contributed by atoms with Gasteiger partial charge >= 0.3 is 18.4 Å². The molecule has 3 rings (SSSR count). The lowest BCUT2D eigenvalue weighted by Gasteiger charge is -2.37. The number of alkyl halides is 6. The summed E-state index contributed by atoms with van der Waals surface area (Å²) in [7, 11) is 0. The number of amides is 2. The average Bonchev–Trinajstić information content (AvgIpc) is 2.77. The fraction of sp³-hybridized carbons (Fsp3) is 0.208. The van der Waals surface area contributed by atoms with Crippen LogP contribution in [0.2, 0.25) is 0 Å². The number of rotatable bonds is 6. The smallest absolute Gasteiger partial charge is 0.329 e. The molecule has 0 bridgehead atoms. The SMILES string of the molecule is O=C(NCC(F)(F)F)N[C@@](Cc1ccccc1)(c1ccc(Br)cc1)c1cc(F)cc(C(F)(F)F)c1. The second kappa shape index (κ2) is 10.3. The van der Waals surface area contributed by atoms with Gasteiger partial charge in [-0.2, -0.15) is 26.3 Å². The van der Waals surface area contributed by atoms with Crippen LogP contribution in [0.15, 0.2) is 77.3 Å². The summed E-state index contributed by atoms with van der Waals surface area (Å²) in [5, 5.41) is 4.08. The van der Waals surface area contributed by atoms with Crippen LogP contribution in [0.1, 0.15) is 22.3 Å². The van der Waals surface area contributed by atoms with Crippen molar-refractivity contribution in [2.75, 3.05) is 6.54 Å². The third kappa shape index (κ3) is 6.97. The molecule has 0 aliphatic heterocycles. The largest absolute Gasteiger partial charge is 0.416 e. The van der Waals surface area contributed by atoms with Gasteiger partial charge in [0.15, 0.2) is 0 Å². The summed E-state index contributed by atoms with van der Waals surface area (Å²) < 4.78 is 93.8. The maximum atomic E-state index is 14.5. The van der Waals surface area contributed by atoms with Gasteiger partial charge in [0.1, 0.15) is 12.4 Å². The third-order valence-electron chi connectivity index (χ3n) is 5.14. The summed E-state index contributed by atoms with van der Waals surface area (Å²) in [6.07, 6.45) is -9.82. The van der Waals surface area contributed by atoms with Crippen LogP contribution < -0.4 is 10.6 Å². The van der Waals surface area contributed by atoms with Gasteiger partial charge in [-0.3, -0.25) is 0 Å². The minimum atomic E-state index is -4.91. The van der Waals surface area contributed by atoms with Crippen LogP contribution in [0.3, 0.4) is 0 Å². The van der Waals surface area contributed by atoms with Crippen LogP contribution in [-0.2, 0) is 18.1 Å². The van der Waals surface area contributed by atoms with Crippen molar-refractivity contribution in [2.45, 2.75) is 24.3 Å². The lowest BCUT2D eigenvalue weighted by molar-refractivity contribution is -0.137. The lowest BCUT2D eigenvalue weighted by Crippen LogP contribution is -2.53. The van der Waals surface area contributed by atoms with Crippen LogP contribution in [-0.4, -0.2) is 18.8 Å². The number of nitrogens with one attached hydrogen (secondary N) is 2. The molecule has 1 atom stereocenters. The van der Waals surface area contributed by atoms with Gasteiger partial charge in [0, 0.05) is 10.9 Å². The Morgan fingerprint density at radius 1 is 0.800 bits per heavy atom. The van der Waals surface area contributed by atoms with Crippen LogP contribution in [0, 0.1) is 5.82 Å². The highest BCUT2D eigenvalue weighted by Gasteiger charge is 2.40. The molecule has 0 spiro atoms. The first kappa shape index (κ1) is 26.5.